The minimum absolute atomic E-state index is 0.0106. The Balaban J connectivity index is 1.63. The van der Waals surface area contributed by atoms with Gasteiger partial charge in [-0.2, -0.15) is 0 Å². The number of thiazole rings is 1. The smallest absolute Gasteiger partial charge is 0.410 e. The second kappa shape index (κ2) is 7.34. The van der Waals surface area contributed by atoms with E-state index in [9.17, 15) is 14.4 Å². The van der Waals surface area contributed by atoms with Gasteiger partial charge in [0.2, 0.25) is 0 Å². The number of carbonyl (C=O) groups excluding carboxylic acids is 2. The van der Waals surface area contributed by atoms with E-state index in [-0.39, 0.29) is 24.6 Å². The zero-order valence-electron chi connectivity index (χ0n) is 15.7. The zero-order valence-corrected chi connectivity index (χ0v) is 16.5. The highest BCUT2D eigenvalue weighted by Gasteiger charge is 2.43. The van der Waals surface area contributed by atoms with Crippen molar-refractivity contribution in [3.63, 3.8) is 0 Å². The van der Waals surface area contributed by atoms with E-state index >= 15 is 0 Å². The molecule has 0 radical (unpaired) electrons. The molecule has 3 amide bonds. The summed E-state index contributed by atoms with van der Waals surface area (Å²) in [7, 11) is 0. The van der Waals surface area contributed by atoms with Crippen LogP contribution in [0.4, 0.5) is 14.7 Å². The predicted octanol–water partition coefficient (Wildman–Crippen LogP) is 2.02. The van der Waals surface area contributed by atoms with E-state index in [1.165, 1.54) is 11.3 Å². The summed E-state index contributed by atoms with van der Waals surface area (Å²) in [6.45, 7) is 7.24. The van der Waals surface area contributed by atoms with Crippen LogP contribution in [0.1, 0.15) is 32.9 Å². The second-order valence-corrected chi connectivity index (χ2v) is 8.52. The average Bonchev–Trinajstić information content (AvgIpc) is 3.16. The molecule has 27 heavy (non-hydrogen) atoms. The molecule has 3 rings (SSSR count). The molecule has 9 nitrogen and oxygen atoms in total. The summed E-state index contributed by atoms with van der Waals surface area (Å²) < 4.78 is 5.43. The number of hydrogen-bond acceptors (Lipinski definition) is 6. The average molecular weight is 396 g/mol. The maximum absolute atomic E-state index is 12.7. The number of carbonyl (C=O) groups is 3. The fourth-order valence-corrected chi connectivity index (χ4v) is 3.99. The van der Waals surface area contributed by atoms with Gasteiger partial charge in [-0.3, -0.25) is 9.69 Å². The van der Waals surface area contributed by atoms with Crippen molar-refractivity contribution < 1.29 is 24.2 Å². The number of urea groups is 1. The number of aromatic nitrogens is 1. The molecule has 2 saturated heterocycles. The molecule has 1 aromatic heterocycles. The second-order valence-electron chi connectivity index (χ2n) is 7.68. The summed E-state index contributed by atoms with van der Waals surface area (Å²) >= 11 is 1.33. The lowest BCUT2D eigenvalue weighted by Gasteiger charge is -2.36. The topological polar surface area (TPSA) is 103 Å². The highest BCUT2D eigenvalue weighted by atomic mass is 32.1. The molecule has 148 valence electrons. The summed E-state index contributed by atoms with van der Waals surface area (Å²) in [6, 6.07) is -0.229. The third kappa shape index (κ3) is 4.49. The fraction of sp³-hybridized carbons (Fsp3) is 0.647. The van der Waals surface area contributed by atoms with Gasteiger partial charge in [0.15, 0.2) is 5.13 Å². The van der Waals surface area contributed by atoms with E-state index in [0.717, 1.165) is 0 Å². The van der Waals surface area contributed by atoms with Crippen molar-refractivity contribution in [2.24, 2.45) is 0 Å². The molecule has 10 heteroatoms. The number of nitrogens with zero attached hydrogens (tertiary/aromatic N) is 4. The number of hydrogen-bond donors (Lipinski definition) is 1. The molecular formula is C17H24N4O5S. The van der Waals surface area contributed by atoms with Gasteiger partial charge in [0.1, 0.15) is 5.60 Å². The molecule has 0 unspecified atom stereocenters. The highest BCUT2D eigenvalue weighted by molar-refractivity contribution is 7.14. The van der Waals surface area contributed by atoms with Gasteiger partial charge in [-0.1, -0.05) is 0 Å². The normalized spacial score (nSPS) is 20.0. The lowest BCUT2D eigenvalue weighted by atomic mass is 10.2. The Morgan fingerprint density at radius 3 is 2.74 bits per heavy atom. The van der Waals surface area contributed by atoms with Gasteiger partial charge in [-0.25, -0.2) is 14.6 Å². The number of rotatable bonds is 4. The first-order valence-corrected chi connectivity index (χ1v) is 9.74. The maximum atomic E-state index is 12.7. The van der Waals surface area contributed by atoms with Gasteiger partial charge < -0.3 is 19.6 Å². The van der Waals surface area contributed by atoms with Crippen molar-refractivity contribution in [1.29, 1.82) is 0 Å². The van der Waals surface area contributed by atoms with Crippen LogP contribution < -0.4 is 4.90 Å². The van der Waals surface area contributed by atoms with E-state index in [4.69, 9.17) is 9.84 Å². The van der Waals surface area contributed by atoms with Crippen LogP contribution in [0.25, 0.3) is 0 Å². The molecule has 3 heterocycles. The number of aliphatic carboxylic acids is 1. The quantitative estimate of drug-likeness (QED) is 0.835. The monoisotopic (exact) mass is 396 g/mol. The van der Waals surface area contributed by atoms with E-state index < -0.39 is 11.6 Å². The maximum Gasteiger partial charge on any atom is 0.410 e. The van der Waals surface area contributed by atoms with Crippen molar-refractivity contribution in [3.8, 4) is 0 Å². The lowest BCUT2D eigenvalue weighted by Crippen LogP contribution is -2.54. The van der Waals surface area contributed by atoms with Gasteiger partial charge in [0.05, 0.1) is 24.7 Å². The number of piperazine rings is 1. The SMILES string of the molecule is CC(C)(C)OC(=O)N1CCN2C(=O)N(c3nc(CCC(=O)O)cs3)C[C@@H]2C1. The lowest BCUT2D eigenvalue weighted by molar-refractivity contribution is -0.136. The van der Waals surface area contributed by atoms with E-state index in [0.29, 0.717) is 43.4 Å². The summed E-state index contributed by atoms with van der Waals surface area (Å²) in [5.41, 5.74) is 0.115. The fourth-order valence-electron chi connectivity index (χ4n) is 3.13. The van der Waals surface area contributed by atoms with E-state index in [1.807, 2.05) is 20.8 Å². The number of carboxylic acids is 1. The molecule has 2 fully saturated rings. The molecule has 0 aliphatic carbocycles. The van der Waals surface area contributed by atoms with Crippen molar-refractivity contribution in [2.75, 3.05) is 31.1 Å². The Bertz CT molecular complexity index is 744. The standard InChI is InChI=1S/C17H24N4O5S/c1-17(2,3)26-16(25)19-6-7-20-12(8-19)9-21(15(20)24)14-18-11(10-27-14)4-5-13(22)23/h10,12H,4-9H2,1-3H3,(H,22,23)/t12-/m0/s1. The molecule has 0 aromatic carbocycles. The predicted molar refractivity (Wildman–Crippen MR) is 99.1 cm³/mol. The number of fused-ring (bicyclic) bond motifs is 1. The Morgan fingerprint density at radius 2 is 2.07 bits per heavy atom. The third-order valence-electron chi connectivity index (χ3n) is 4.37. The molecule has 0 saturated carbocycles. The van der Waals surface area contributed by atoms with E-state index in [1.54, 1.807) is 20.1 Å². The van der Waals surface area contributed by atoms with Crippen molar-refractivity contribution in [3.05, 3.63) is 11.1 Å². The Kier molecular flexibility index (Phi) is 5.27. The van der Waals surface area contributed by atoms with Crippen LogP contribution in [0, 0.1) is 0 Å². The van der Waals surface area contributed by atoms with Crippen molar-refractivity contribution in [2.45, 2.75) is 45.3 Å². The molecule has 0 spiro atoms. The van der Waals surface area contributed by atoms with Crippen LogP contribution in [-0.2, 0) is 16.0 Å². The highest BCUT2D eigenvalue weighted by Crippen LogP contribution is 2.29. The Labute approximate surface area is 161 Å². The zero-order chi connectivity index (χ0) is 19.8. The number of amides is 3. The number of anilines is 1. The van der Waals surface area contributed by atoms with Crippen LogP contribution in [0.5, 0.6) is 0 Å². The molecule has 0 bridgehead atoms. The third-order valence-corrected chi connectivity index (χ3v) is 5.28. The first-order valence-electron chi connectivity index (χ1n) is 8.86. The van der Waals surface area contributed by atoms with Crippen molar-refractivity contribution in [1.82, 2.24) is 14.8 Å². The molecule has 1 N–H and O–H groups in total. The molecule has 2 aliphatic rings. The first kappa shape index (κ1) is 19.4. The largest absolute Gasteiger partial charge is 0.481 e. The minimum atomic E-state index is -0.874. The van der Waals surface area contributed by atoms with Gasteiger partial charge in [-0.15, -0.1) is 11.3 Å². The summed E-state index contributed by atoms with van der Waals surface area (Å²) in [5, 5.41) is 11.1. The van der Waals surface area contributed by atoms with Crippen LogP contribution in [-0.4, -0.2) is 75.8 Å². The van der Waals surface area contributed by atoms with Crippen LogP contribution in [0.15, 0.2) is 5.38 Å². The van der Waals surface area contributed by atoms with Gasteiger partial charge >= 0.3 is 18.1 Å². The number of carboxylic acid groups (broad SMARTS) is 1. The van der Waals surface area contributed by atoms with Gasteiger partial charge in [-0.05, 0) is 20.8 Å². The summed E-state index contributed by atoms with van der Waals surface area (Å²) in [4.78, 5) is 45.1. The Hall–Kier alpha value is -2.36. The molecule has 2 aliphatic heterocycles. The summed E-state index contributed by atoms with van der Waals surface area (Å²) in [5.74, 6) is -0.874. The Morgan fingerprint density at radius 1 is 1.33 bits per heavy atom. The number of ether oxygens (including phenoxy) is 1. The molecule has 1 atom stereocenters. The van der Waals surface area contributed by atoms with Crippen LogP contribution in [0.2, 0.25) is 0 Å². The number of aryl methyl sites for hydroxylation is 1. The molecular weight excluding hydrogens is 372 g/mol. The van der Waals surface area contributed by atoms with E-state index in [2.05, 4.69) is 4.98 Å². The van der Waals surface area contributed by atoms with Gasteiger partial charge in [0.25, 0.3) is 0 Å². The minimum Gasteiger partial charge on any atom is -0.481 e. The summed E-state index contributed by atoms with van der Waals surface area (Å²) in [6.07, 6.45) is -0.0114. The van der Waals surface area contributed by atoms with Gasteiger partial charge in [0, 0.05) is 31.4 Å². The molecule has 1 aromatic rings. The first-order chi connectivity index (χ1) is 12.6. The van der Waals surface area contributed by atoms with Crippen molar-refractivity contribution >= 4 is 34.6 Å². The van der Waals surface area contributed by atoms with Crippen LogP contribution in [0.3, 0.4) is 0 Å². The van der Waals surface area contributed by atoms with Crippen LogP contribution >= 0.6 is 11.3 Å².